The Hall–Kier alpha value is -4.16. The van der Waals surface area contributed by atoms with Crippen molar-refractivity contribution in [1.29, 1.82) is 5.26 Å². The summed E-state index contributed by atoms with van der Waals surface area (Å²) < 4.78 is 3.89. The third-order valence-electron chi connectivity index (χ3n) is 7.65. The number of aromatic nitrogens is 4. The van der Waals surface area contributed by atoms with E-state index in [4.69, 9.17) is 21.7 Å². The van der Waals surface area contributed by atoms with E-state index in [9.17, 15) is 10.1 Å². The highest BCUT2D eigenvalue weighted by Crippen LogP contribution is 2.42. The highest BCUT2D eigenvalue weighted by Gasteiger charge is 2.46. The Bertz CT molecular complexity index is 1710. The van der Waals surface area contributed by atoms with Crippen LogP contribution in [0.3, 0.4) is 0 Å². The molecule has 3 aromatic heterocycles. The summed E-state index contributed by atoms with van der Waals surface area (Å²) in [6.07, 6.45) is 5.85. The number of hydrogen-bond acceptors (Lipinski definition) is 5. The lowest BCUT2D eigenvalue weighted by atomic mass is 10.1. The van der Waals surface area contributed by atoms with Gasteiger partial charge < -0.3 is 4.57 Å². The van der Waals surface area contributed by atoms with Crippen LogP contribution in [0.1, 0.15) is 36.5 Å². The summed E-state index contributed by atoms with van der Waals surface area (Å²) in [7, 11) is 1.92. The quantitative estimate of drug-likeness (QED) is 0.374. The number of aliphatic imine (C=N–C) groups is 1. The van der Waals surface area contributed by atoms with Gasteiger partial charge in [-0.3, -0.25) is 24.5 Å². The van der Waals surface area contributed by atoms with Crippen LogP contribution < -0.4 is 4.90 Å². The predicted octanol–water partition coefficient (Wildman–Crippen LogP) is 4.81. The minimum absolute atomic E-state index is 0.0297. The van der Waals surface area contributed by atoms with Gasteiger partial charge in [0.05, 0.1) is 47.2 Å². The van der Waals surface area contributed by atoms with E-state index in [-0.39, 0.29) is 12.1 Å². The number of carbonyl (C=O) groups excluding carboxylic acids is 1. The van der Waals surface area contributed by atoms with Gasteiger partial charge in [-0.05, 0) is 61.6 Å². The molecule has 0 radical (unpaired) electrons. The zero-order chi connectivity index (χ0) is 26.1. The van der Waals surface area contributed by atoms with Gasteiger partial charge in [0, 0.05) is 36.4 Å². The van der Waals surface area contributed by atoms with Gasteiger partial charge in [0.2, 0.25) is 0 Å². The first-order chi connectivity index (χ1) is 18.4. The number of amidine groups is 1. The third-order valence-corrected chi connectivity index (χ3v) is 7.89. The number of anilines is 1. The van der Waals surface area contributed by atoms with Crippen LogP contribution in [0.25, 0.3) is 22.3 Å². The Balaban J connectivity index is 1.47. The van der Waals surface area contributed by atoms with Gasteiger partial charge in [0.1, 0.15) is 11.9 Å². The molecule has 1 unspecified atom stereocenters. The number of amides is 2. The summed E-state index contributed by atoms with van der Waals surface area (Å²) in [6, 6.07) is 11.7. The first kappa shape index (κ1) is 23.0. The molecule has 38 heavy (non-hydrogen) atoms. The number of halogens is 1. The summed E-state index contributed by atoms with van der Waals surface area (Å²) in [6.45, 7) is 3.65. The maximum absolute atomic E-state index is 13.7. The number of hydrogen-bond donors (Lipinski definition) is 0. The van der Waals surface area contributed by atoms with Gasteiger partial charge in [-0.2, -0.15) is 10.4 Å². The van der Waals surface area contributed by atoms with E-state index < -0.39 is 0 Å². The number of nitrogens with zero attached hydrogens (tertiary/aromatic N) is 8. The molecule has 2 amide bonds. The molecule has 190 valence electrons. The average molecular weight is 525 g/mol. The fourth-order valence-corrected chi connectivity index (χ4v) is 5.73. The van der Waals surface area contributed by atoms with Crippen molar-refractivity contribution in [2.75, 3.05) is 18.0 Å². The Morgan fingerprint density at radius 1 is 1.21 bits per heavy atom. The molecule has 9 nitrogen and oxygen atoms in total. The topological polar surface area (TPSA) is 95.3 Å². The Kier molecular flexibility index (Phi) is 5.10. The zero-order valence-corrected chi connectivity index (χ0v) is 21.9. The summed E-state index contributed by atoms with van der Waals surface area (Å²) >= 11 is 6.36. The van der Waals surface area contributed by atoms with E-state index >= 15 is 0 Å². The molecule has 0 N–H and O–H groups in total. The van der Waals surface area contributed by atoms with Crippen LogP contribution in [0.2, 0.25) is 5.02 Å². The second-order valence-electron chi connectivity index (χ2n) is 10.4. The molecule has 1 fully saturated rings. The molecule has 5 heterocycles. The van der Waals surface area contributed by atoms with Crippen molar-refractivity contribution < 1.29 is 4.79 Å². The molecule has 1 saturated carbocycles. The number of urea groups is 1. The van der Waals surface area contributed by atoms with Crippen LogP contribution in [-0.4, -0.2) is 55.2 Å². The zero-order valence-electron chi connectivity index (χ0n) is 21.1. The van der Waals surface area contributed by atoms with Crippen LogP contribution in [0.4, 0.5) is 10.6 Å². The van der Waals surface area contributed by atoms with Crippen LogP contribution in [-0.2, 0) is 13.6 Å². The number of rotatable bonds is 5. The van der Waals surface area contributed by atoms with Gasteiger partial charge >= 0.3 is 6.03 Å². The minimum Gasteiger partial charge on any atom is -0.348 e. The number of aryl methyl sites for hydroxylation is 1. The normalized spacial score (nSPS) is 18.5. The second-order valence-corrected chi connectivity index (χ2v) is 10.8. The number of pyridine rings is 1. The van der Waals surface area contributed by atoms with E-state index in [2.05, 4.69) is 11.1 Å². The molecule has 1 aliphatic carbocycles. The van der Waals surface area contributed by atoms with Gasteiger partial charge in [0.25, 0.3) is 0 Å². The number of nitriles is 1. The van der Waals surface area contributed by atoms with Crippen LogP contribution in [0, 0.1) is 17.2 Å². The van der Waals surface area contributed by atoms with E-state index in [1.165, 1.54) is 0 Å². The Labute approximate surface area is 224 Å². The van der Waals surface area contributed by atoms with Crippen LogP contribution in [0.15, 0.2) is 47.7 Å². The lowest BCUT2D eigenvalue weighted by Gasteiger charge is -2.35. The summed E-state index contributed by atoms with van der Waals surface area (Å²) in [5, 5.41) is 16.3. The smallest absolute Gasteiger partial charge is 0.331 e. The van der Waals surface area contributed by atoms with Gasteiger partial charge in [-0.25, -0.2) is 4.79 Å². The lowest BCUT2D eigenvalue weighted by molar-refractivity contribution is 0.220. The van der Waals surface area contributed by atoms with Crippen molar-refractivity contribution >= 4 is 40.2 Å². The van der Waals surface area contributed by atoms with Gasteiger partial charge in [-0.1, -0.05) is 11.6 Å². The molecule has 0 saturated heterocycles. The average Bonchev–Trinajstić information content (AvgIpc) is 3.37. The van der Waals surface area contributed by atoms with Gasteiger partial charge in [0.15, 0.2) is 5.82 Å². The molecule has 1 aromatic carbocycles. The van der Waals surface area contributed by atoms with Crippen molar-refractivity contribution in [2.24, 2.45) is 18.0 Å². The fraction of sp³-hybridized carbons (Fsp3) is 0.321. The SMILES string of the molecule is CC1CN=C2c3c(nn(Cc4ccnc5ccc(Cl)cc45)c3-c3cc(C#N)cn3C)N(CC3CC3)C(=O)N21. The molecule has 3 aliphatic rings. The van der Waals surface area contributed by atoms with E-state index in [0.717, 1.165) is 46.3 Å². The molecule has 7 rings (SSSR count). The maximum atomic E-state index is 13.7. The monoisotopic (exact) mass is 524 g/mol. The highest BCUT2D eigenvalue weighted by molar-refractivity contribution is 6.31. The van der Waals surface area contributed by atoms with Crippen LogP contribution in [0.5, 0.6) is 0 Å². The van der Waals surface area contributed by atoms with Gasteiger partial charge in [-0.15, -0.1) is 0 Å². The van der Waals surface area contributed by atoms with E-state index in [1.807, 2.05) is 69.5 Å². The summed E-state index contributed by atoms with van der Waals surface area (Å²) in [4.78, 5) is 26.7. The number of benzene rings is 1. The molecule has 2 aliphatic heterocycles. The first-order valence-electron chi connectivity index (χ1n) is 12.8. The largest absolute Gasteiger partial charge is 0.348 e. The molecule has 10 heteroatoms. The molecule has 0 bridgehead atoms. The van der Waals surface area contributed by atoms with Crippen molar-refractivity contribution in [3.05, 3.63) is 64.4 Å². The third kappa shape index (κ3) is 3.51. The number of carbonyl (C=O) groups is 1. The van der Waals surface area contributed by atoms with Crippen molar-refractivity contribution in [3.63, 3.8) is 0 Å². The van der Waals surface area contributed by atoms with Crippen molar-refractivity contribution in [1.82, 2.24) is 24.2 Å². The highest BCUT2D eigenvalue weighted by atomic mass is 35.5. The van der Waals surface area contributed by atoms with E-state index in [0.29, 0.717) is 47.8 Å². The van der Waals surface area contributed by atoms with E-state index in [1.54, 1.807) is 6.20 Å². The summed E-state index contributed by atoms with van der Waals surface area (Å²) in [5.74, 6) is 1.79. The molecule has 1 atom stereocenters. The molecular weight excluding hydrogens is 500 g/mol. The second kappa shape index (κ2) is 8.43. The standard InChI is InChI=1S/C28H25ClN8O/c1-16-12-32-26-24-25(23-9-18(11-30)13-34(23)2)36(15-19-7-8-31-22-6-5-20(29)10-21(19)22)33-27(24)35(14-17-3-4-17)28(38)37(16)26/h5-10,13,16-17H,3-4,12,14-15H2,1-2H3. The molecular formula is C28H25ClN8O. The maximum Gasteiger partial charge on any atom is 0.331 e. The minimum atomic E-state index is -0.0601. The fourth-order valence-electron chi connectivity index (χ4n) is 5.56. The Morgan fingerprint density at radius 2 is 2.05 bits per heavy atom. The Morgan fingerprint density at radius 3 is 2.82 bits per heavy atom. The predicted molar refractivity (Wildman–Crippen MR) is 145 cm³/mol. The molecule has 4 aromatic rings. The van der Waals surface area contributed by atoms with Crippen molar-refractivity contribution in [2.45, 2.75) is 32.4 Å². The number of fused-ring (bicyclic) bond motifs is 4. The van der Waals surface area contributed by atoms with Crippen LogP contribution >= 0.6 is 11.6 Å². The van der Waals surface area contributed by atoms with Crippen molar-refractivity contribution in [3.8, 4) is 17.5 Å². The first-order valence-corrected chi connectivity index (χ1v) is 13.2. The lowest BCUT2D eigenvalue weighted by Crippen LogP contribution is -2.53. The summed E-state index contributed by atoms with van der Waals surface area (Å²) in [5.41, 5.74) is 4.94. The molecule has 0 spiro atoms.